The molecule has 1 heterocycles. The van der Waals surface area contributed by atoms with E-state index in [2.05, 4.69) is 39.7 Å². The zero-order valence-electron chi connectivity index (χ0n) is 11.9. The normalized spacial score (nSPS) is 11.9. The summed E-state index contributed by atoms with van der Waals surface area (Å²) >= 11 is 0. The highest BCUT2D eigenvalue weighted by molar-refractivity contribution is 5.83. The zero-order chi connectivity index (χ0) is 14.2. The molecule has 0 amide bonds. The van der Waals surface area contributed by atoms with Gasteiger partial charge in [-0.2, -0.15) is 0 Å². The zero-order valence-corrected chi connectivity index (χ0v) is 11.9. The van der Waals surface area contributed by atoms with Crippen molar-refractivity contribution in [2.75, 3.05) is 26.8 Å². The average molecular weight is 274 g/mol. The third-order valence-electron chi connectivity index (χ3n) is 3.17. The maximum absolute atomic E-state index is 5.74. The Balaban J connectivity index is 1.77. The highest BCUT2D eigenvalue weighted by atomic mass is 16.5. The number of benzene rings is 1. The van der Waals surface area contributed by atoms with Crippen LogP contribution in [0.4, 0.5) is 0 Å². The fourth-order valence-electron chi connectivity index (χ4n) is 2.14. The number of aromatic nitrogens is 1. The summed E-state index contributed by atoms with van der Waals surface area (Å²) in [6.45, 7) is 2.05. The van der Waals surface area contributed by atoms with Crippen molar-refractivity contribution in [3.63, 3.8) is 0 Å². The lowest BCUT2D eigenvalue weighted by atomic mass is 10.1. The molecule has 20 heavy (non-hydrogen) atoms. The van der Waals surface area contributed by atoms with Crippen molar-refractivity contribution < 1.29 is 4.74 Å². The van der Waals surface area contributed by atoms with Gasteiger partial charge in [0.15, 0.2) is 5.96 Å². The lowest BCUT2D eigenvalue weighted by molar-refractivity contribution is 0.204. The van der Waals surface area contributed by atoms with Crippen LogP contribution in [-0.4, -0.2) is 37.7 Å². The van der Waals surface area contributed by atoms with Crippen molar-refractivity contribution in [1.82, 2.24) is 10.3 Å². The molecule has 0 aliphatic heterocycles. The number of rotatable bonds is 7. The molecular weight excluding hydrogens is 252 g/mol. The Hall–Kier alpha value is -2.01. The van der Waals surface area contributed by atoms with Crippen LogP contribution in [0.1, 0.15) is 12.0 Å². The minimum Gasteiger partial charge on any atom is -0.383 e. The number of hydrogen-bond acceptors (Lipinski definition) is 2. The molecule has 2 rings (SSSR count). The van der Waals surface area contributed by atoms with Crippen LogP contribution >= 0.6 is 0 Å². The first-order chi connectivity index (χ1) is 9.81. The van der Waals surface area contributed by atoms with E-state index in [0.29, 0.717) is 19.1 Å². The lowest BCUT2D eigenvalue weighted by Crippen LogP contribution is -2.34. The fourth-order valence-corrected chi connectivity index (χ4v) is 2.14. The molecule has 2 aromatic rings. The molecule has 0 saturated heterocycles. The molecule has 1 aromatic carbocycles. The number of guanidine groups is 1. The molecule has 5 nitrogen and oxygen atoms in total. The first kappa shape index (κ1) is 14.4. The Morgan fingerprint density at radius 2 is 2.25 bits per heavy atom. The SMILES string of the molecule is COCCNC(N)=NCCCc1c[nH]c2ccccc12. The smallest absolute Gasteiger partial charge is 0.188 e. The highest BCUT2D eigenvalue weighted by Gasteiger charge is 2.01. The van der Waals surface area contributed by atoms with E-state index in [0.717, 1.165) is 19.4 Å². The number of fused-ring (bicyclic) bond motifs is 1. The predicted octanol–water partition coefficient (Wildman–Crippen LogP) is 1.65. The van der Waals surface area contributed by atoms with Crippen molar-refractivity contribution in [1.29, 1.82) is 0 Å². The number of aliphatic imine (C=N–C) groups is 1. The van der Waals surface area contributed by atoms with Gasteiger partial charge >= 0.3 is 0 Å². The summed E-state index contributed by atoms with van der Waals surface area (Å²) in [6, 6.07) is 8.34. The third kappa shape index (κ3) is 3.99. The summed E-state index contributed by atoms with van der Waals surface area (Å²) in [6.07, 6.45) is 4.06. The molecule has 0 bridgehead atoms. The number of nitrogens with two attached hydrogens (primary N) is 1. The number of aryl methyl sites for hydroxylation is 1. The van der Waals surface area contributed by atoms with E-state index in [1.54, 1.807) is 7.11 Å². The van der Waals surface area contributed by atoms with E-state index in [1.165, 1.54) is 16.5 Å². The molecule has 0 aliphatic rings. The molecule has 108 valence electrons. The van der Waals surface area contributed by atoms with Gasteiger partial charge in [0.2, 0.25) is 0 Å². The van der Waals surface area contributed by atoms with Crippen LogP contribution in [0, 0.1) is 0 Å². The lowest BCUT2D eigenvalue weighted by Gasteiger charge is -2.04. The molecule has 4 N–H and O–H groups in total. The maximum Gasteiger partial charge on any atom is 0.188 e. The van der Waals surface area contributed by atoms with Crippen molar-refractivity contribution in [2.24, 2.45) is 10.7 Å². The van der Waals surface area contributed by atoms with Gasteiger partial charge in [-0.3, -0.25) is 4.99 Å². The maximum atomic E-state index is 5.74. The second kappa shape index (κ2) is 7.55. The standard InChI is InChI=1S/C15H22N4O/c1-20-10-9-18-15(16)17-8-4-5-12-11-19-14-7-3-2-6-13(12)14/h2-3,6-7,11,19H,4-5,8-10H2,1H3,(H3,16,17,18). The molecule has 0 fully saturated rings. The van der Waals surface area contributed by atoms with E-state index >= 15 is 0 Å². The summed E-state index contributed by atoms with van der Waals surface area (Å²) in [5.74, 6) is 0.487. The van der Waals surface area contributed by atoms with E-state index in [4.69, 9.17) is 10.5 Å². The summed E-state index contributed by atoms with van der Waals surface area (Å²) < 4.78 is 4.93. The molecule has 5 heteroatoms. The first-order valence-electron chi connectivity index (χ1n) is 6.89. The predicted molar refractivity (Wildman–Crippen MR) is 83.0 cm³/mol. The highest BCUT2D eigenvalue weighted by Crippen LogP contribution is 2.18. The Labute approximate surface area is 119 Å². The number of para-hydroxylation sites is 1. The van der Waals surface area contributed by atoms with E-state index in [-0.39, 0.29) is 0 Å². The van der Waals surface area contributed by atoms with Crippen LogP contribution in [-0.2, 0) is 11.2 Å². The van der Waals surface area contributed by atoms with Gasteiger partial charge in [0.25, 0.3) is 0 Å². The van der Waals surface area contributed by atoms with Gasteiger partial charge in [-0.1, -0.05) is 18.2 Å². The number of methoxy groups -OCH3 is 1. The number of aromatic amines is 1. The van der Waals surface area contributed by atoms with Gasteiger partial charge in [0.1, 0.15) is 0 Å². The molecule has 0 spiro atoms. The Bertz CT molecular complexity index is 562. The quantitative estimate of drug-likeness (QED) is 0.408. The Kier molecular flexibility index (Phi) is 5.43. The Morgan fingerprint density at radius 1 is 1.40 bits per heavy atom. The van der Waals surface area contributed by atoms with Gasteiger partial charge in [-0.15, -0.1) is 0 Å². The molecular formula is C15H22N4O. The molecule has 0 radical (unpaired) electrons. The monoisotopic (exact) mass is 274 g/mol. The topological polar surface area (TPSA) is 75.4 Å². The second-order valence-corrected chi connectivity index (χ2v) is 4.65. The van der Waals surface area contributed by atoms with Crippen LogP contribution in [0.15, 0.2) is 35.5 Å². The van der Waals surface area contributed by atoms with Crippen molar-refractivity contribution in [3.05, 3.63) is 36.0 Å². The van der Waals surface area contributed by atoms with Gasteiger partial charge in [0, 0.05) is 37.3 Å². The van der Waals surface area contributed by atoms with Gasteiger partial charge in [-0.25, -0.2) is 0 Å². The summed E-state index contributed by atoms with van der Waals surface area (Å²) in [4.78, 5) is 7.58. The van der Waals surface area contributed by atoms with E-state index < -0.39 is 0 Å². The summed E-state index contributed by atoms with van der Waals surface area (Å²) in [7, 11) is 1.66. The van der Waals surface area contributed by atoms with E-state index in [1.807, 2.05) is 6.07 Å². The van der Waals surface area contributed by atoms with Crippen LogP contribution in [0.3, 0.4) is 0 Å². The van der Waals surface area contributed by atoms with Crippen LogP contribution in [0.5, 0.6) is 0 Å². The van der Waals surface area contributed by atoms with Crippen LogP contribution < -0.4 is 11.1 Å². The van der Waals surface area contributed by atoms with Crippen molar-refractivity contribution in [2.45, 2.75) is 12.8 Å². The van der Waals surface area contributed by atoms with Gasteiger partial charge < -0.3 is 20.8 Å². The number of hydrogen-bond donors (Lipinski definition) is 3. The minimum atomic E-state index is 0.487. The van der Waals surface area contributed by atoms with E-state index in [9.17, 15) is 0 Å². The average Bonchev–Trinajstić information content (AvgIpc) is 2.87. The second-order valence-electron chi connectivity index (χ2n) is 4.65. The first-order valence-corrected chi connectivity index (χ1v) is 6.89. The largest absolute Gasteiger partial charge is 0.383 e. The molecule has 0 aliphatic carbocycles. The molecule has 0 unspecified atom stereocenters. The summed E-state index contributed by atoms with van der Waals surface area (Å²) in [5.41, 5.74) is 8.26. The number of H-pyrrole nitrogens is 1. The molecule has 1 aromatic heterocycles. The Morgan fingerprint density at radius 3 is 3.10 bits per heavy atom. The summed E-state index contributed by atoms with van der Waals surface area (Å²) in [5, 5.41) is 4.30. The third-order valence-corrected chi connectivity index (χ3v) is 3.17. The van der Waals surface area contributed by atoms with Crippen molar-refractivity contribution >= 4 is 16.9 Å². The van der Waals surface area contributed by atoms with Crippen LogP contribution in [0.2, 0.25) is 0 Å². The van der Waals surface area contributed by atoms with Gasteiger partial charge in [0.05, 0.1) is 6.61 Å². The van der Waals surface area contributed by atoms with Crippen LogP contribution in [0.25, 0.3) is 10.9 Å². The number of ether oxygens (including phenoxy) is 1. The fraction of sp³-hybridized carbons (Fsp3) is 0.400. The molecule has 0 atom stereocenters. The minimum absolute atomic E-state index is 0.487. The van der Waals surface area contributed by atoms with Gasteiger partial charge in [-0.05, 0) is 24.5 Å². The van der Waals surface area contributed by atoms with Crippen molar-refractivity contribution in [3.8, 4) is 0 Å². The number of nitrogens with one attached hydrogen (secondary N) is 2. The number of nitrogens with zero attached hydrogens (tertiary/aromatic N) is 1. The molecule has 0 saturated carbocycles.